The maximum Gasteiger partial charge on any atom is 0.0731 e. The van der Waals surface area contributed by atoms with Crippen LogP contribution in [0, 0.1) is 0 Å². The van der Waals surface area contributed by atoms with Crippen molar-refractivity contribution in [2.75, 3.05) is 20.7 Å². The molecular weight excluding hydrogens is 244 g/mol. The number of benzene rings is 1. The molecule has 0 aliphatic carbocycles. The van der Waals surface area contributed by atoms with E-state index in [1.54, 1.807) is 12.2 Å². The third-order valence-electron chi connectivity index (χ3n) is 2.21. The lowest BCUT2D eigenvalue weighted by molar-refractivity contribution is -0.140. The molecule has 0 spiro atoms. The smallest absolute Gasteiger partial charge is 0.0731 e. The van der Waals surface area contributed by atoms with Crippen LogP contribution >= 0.6 is 15.9 Å². The molecule has 1 unspecified atom stereocenters. The lowest BCUT2D eigenvalue weighted by Gasteiger charge is -2.25. The van der Waals surface area contributed by atoms with Crippen LogP contribution in [-0.4, -0.2) is 25.8 Å². The van der Waals surface area contributed by atoms with E-state index >= 15 is 0 Å². The van der Waals surface area contributed by atoms with Crippen LogP contribution in [0.25, 0.3) is 0 Å². The van der Waals surface area contributed by atoms with Gasteiger partial charge in [-0.2, -0.15) is 5.06 Å². The first-order valence-electron chi connectivity index (χ1n) is 4.42. The third-order valence-corrected chi connectivity index (χ3v) is 2.94. The van der Waals surface area contributed by atoms with Crippen LogP contribution in [0.3, 0.4) is 0 Å². The van der Waals surface area contributed by atoms with E-state index in [0.29, 0.717) is 6.54 Å². The quantitative estimate of drug-likeness (QED) is 0.840. The molecule has 0 aliphatic rings. The molecule has 14 heavy (non-hydrogen) atoms. The van der Waals surface area contributed by atoms with Gasteiger partial charge in [-0.1, -0.05) is 34.1 Å². The Hall–Kier alpha value is -0.420. The van der Waals surface area contributed by atoms with Gasteiger partial charge in [0.2, 0.25) is 0 Å². The number of likely N-dealkylation sites (N-methyl/N-ethyl adjacent to an activating group) is 1. The number of halogens is 1. The van der Waals surface area contributed by atoms with Gasteiger partial charge in [-0.05, 0) is 11.6 Å². The van der Waals surface area contributed by atoms with Crippen molar-refractivity contribution >= 4 is 15.9 Å². The molecule has 1 aromatic rings. The van der Waals surface area contributed by atoms with Crippen molar-refractivity contribution in [3.05, 3.63) is 34.3 Å². The molecule has 2 N–H and O–H groups in total. The van der Waals surface area contributed by atoms with Gasteiger partial charge in [0.25, 0.3) is 0 Å². The molecule has 0 saturated heterocycles. The van der Waals surface area contributed by atoms with Crippen molar-refractivity contribution < 1.29 is 4.84 Å². The molecule has 0 aliphatic heterocycles. The van der Waals surface area contributed by atoms with E-state index < -0.39 is 0 Å². The van der Waals surface area contributed by atoms with Crippen LogP contribution in [0.4, 0.5) is 0 Å². The predicted octanol–water partition coefficient (Wildman–Crippen LogP) is 1.94. The van der Waals surface area contributed by atoms with Crippen LogP contribution in [0.5, 0.6) is 0 Å². The Morgan fingerprint density at radius 1 is 1.50 bits per heavy atom. The molecule has 3 nitrogen and oxygen atoms in total. The second-order valence-corrected chi connectivity index (χ2v) is 3.86. The Balaban J connectivity index is 2.94. The Labute approximate surface area is 92.9 Å². The summed E-state index contributed by atoms with van der Waals surface area (Å²) in [7, 11) is 3.51. The van der Waals surface area contributed by atoms with Crippen LogP contribution in [0.2, 0.25) is 0 Å². The van der Waals surface area contributed by atoms with Crippen molar-refractivity contribution in [3.63, 3.8) is 0 Å². The second-order valence-electron chi connectivity index (χ2n) is 3.00. The fraction of sp³-hybridized carbons (Fsp3) is 0.400. The summed E-state index contributed by atoms with van der Waals surface area (Å²) >= 11 is 3.50. The predicted molar refractivity (Wildman–Crippen MR) is 60.7 cm³/mol. The van der Waals surface area contributed by atoms with Crippen molar-refractivity contribution in [1.82, 2.24) is 5.06 Å². The molecule has 0 bridgehead atoms. The summed E-state index contributed by atoms with van der Waals surface area (Å²) in [4.78, 5) is 5.15. The summed E-state index contributed by atoms with van der Waals surface area (Å²) in [5, 5.41) is 1.75. The SMILES string of the molecule is CON(C)C(CN)c1ccccc1Br. The van der Waals surface area contributed by atoms with Gasteiger partial charge < -0.3 is 10.6 Å². The highest BCUT2D eigenvalue weighted by Gasteiger charge is 2.17. The molecule has 0 aromatic heterocycles. The third kappa shape index (κ3) is 2.54. The topological polar surface area (TPSA) is 38.5 Å². The minimum atomic E-state index is 0.0792. The average Bonchev–Trinajstić information content (AvgIpc) is 2.21. The zero-order valence-corrected chi connectivity index (χ0v) is 9.99. The largest absolute Gasteiger partial charge is 0.329 e. The first-order chi connectivity index (χ1) is 6.70. The molecule has 0 saturated carbocycles. The van der Waals surface area contributed by atoms with Crippen LogP contribution in [0.15, 0.2) is 28.7 Å². The van der Waals surface area contributed by atoms with Gasteiger partial charge in [0, 0.05) is 18.1 Å². The molecule has 0 radical (unpaired) electrons. The van der Waals surface area contributed by atoms with Gasteiger partial charge >= 0.3 is 0 Å². The highest BCUT2D eigenvalue weighted by molar-refractivity contribution is 9.10. The fourth-order valence-corrected chi connectivity index (χ4v) is 1.89. The fourth-order valence-electron chi connectivity index (χ4n) is 1.34. The minimum absolute atomic E-state index is 0.0792. The van der Waals surface area contributed by atoms with Gasteiger partial charge in [-0.3, -0.25) is 0 Å². The van der Waals surface area contributed by atoms with Gasteiger partial charge in [0.15, 0.2) is 0 Å². The summed E-state index contributed by atoms with van der Waals surface area (Å²) < 4.78 is 1.05. The Morgan fingerprint density at radius 3 is 2.64 bits per heavy atom. The van der Waals surface area contributed by atoms with E-state index in [9.17, 15) is 0 Å². The van der Waals surface area contributed by atoms with Gasteiger partial charge in [-0.15, -0.1) is 0 Å². The molecule has 1 rings (SSSR count). The van der Waals surface area contributed by atoms with E-state index in [2.05, 4.69) is 15.9 Å². The first kappa shape index (κ1) is 11.7. The molecule has 4 heteroatoms. The number of rotatable bonds is 4. The summed E-state index contributed by atoms with van der Waals surface area (Å²) in [5.41, 5.74) is 6.85. The van der Waals surface area contributed by atoms with Gasteiger partial charge in [0.1, 0.15) is 0 Å². The highest BCUT2D eigenvalue weighted by Crippen LogP contribution is 2.25. The maximum atomic E-state index is 5.71. The number of nitrogens with two attached hydrogens (primary N) is 1. The Morgan fingerprint density at radius 2 is 2.14 bits per heavy atom. The van der Waals surface area contributed by atoms with E-state index in [1.807, 2.05) is 31.3 Å². The molecule has 1 aromatic carbocycles. The van der Waals surface area contributed by atoms with Crippen molar-refractivity contribution in [2.45, 2.75) is 6.04 Å². The molecule has 0 amide bonds. The zero-order chi connectivity index (χ0) is 10.6. The van der Waals surface area contributed by atoms with E-state index in [4.69, 9.17) is 10.6 Å². The molecule has 78 valence electrons. The van der Waals surface area contributed by atoms with Crippen molar-refractivity contribution in [1.29, 1.82) is 0 Å². The second kappa shape index (κ2) is 5.46. The lowest BCUT2D eigenvalue weighted by Crippen LogP contribution is -2.29. The van der Waals surface area contributed by atoms with Crippen LogP contribution in [0.1, 0.15) is 11.6 Å². The molecular formula is C10H15BrN2O. The summed E-state index contributed by atoms with van der Waals surface area (Å²) in [6, 6.07) is 8.09. The summed E-state index contributed by atoms with van der Waals surface area (Å²) in [5.74, 6) is 0. The van der Waals surface area contributed by atoms with Crippen molar-refractivity contribution in [2.24, 2.45) is 5.73 Å². The van der Waals surface area contributed by atoms with Crippen molar-refractivity contribution in [3.8, 4) is 0 Å². The normalized spacial score (nSPS) is 13.2. The van der Waals surface area contributed by atoms with Gasteiger partial charge in [0.05, 0.1) is 13.2 Å². The average molecular weight is 259 g/mol. The monoisotopic (exact) mass is 258 g/mol. The number of nitrogens with zero attached hydrogens (tertiary/aromatic N) is 1. The summed E-state index contributed by atoms with van der Waals surface area (Å²) in [6.07, 6.45) is 0. The standard InChI is InChI=1S/C10H15BrN2O/c1-13(14-2)10(7-12)8-5-3-4-6-9(8)11/h3-6,10H,7,12H2,1-2H3. The molecule has 1 atom stereocenters. The van der Waals surface area contributed by atoms with E-state index in [1.165, 1.54) is 0 Å². The number of hydroxylamine groups is 2. The minimum Gasteiger partial charge on any atom is -0.329 e. The summed E-state index contributed by atoms with van der Waals surface area (Å²) in [6.45, 7) is 0.521. The zero-order valence-electron chi connectivity index (χ0n) is 8.40. The number of hydrogen-bond donors (Lipinski definition) is 1. The van der Waals surface area contributed by atoms with Gasteiger partial charge in [-0.25, -0.2) is 0 Å². The first-order valence-corrected chi connectivity index (χ1v) is 5.21. The van der Waals surface area contributed by atoms with Crippen LogP contribution < -0.4 is 5.73 Å². The molecule has 0 fully saturated rings. The Bertz CT molecular complexity index is 293. The lowest BCUT2D eigenvalue weighted by atomic mass is 10.1. The van der Waals surface area contributed by atoms with Crippen LogP contribution in [-0.2, 0) is 4.84 Å². The maximum absolute atomic E-state index is 5.71. The highest BCUT2D eigenvalue weighted by atomic mass is 79.9. The molecule has 0 heterocycles. The number of hydrogen-bond acceptors (Lipinski definition) is 3. The van der Waals surface area contributed by atoms with E-state index in [0.717, 1.165) is 10.0 Å². The van der Waals surface area contributed by atoms with E-state index in [-0.39, 0.29) is 6.04 Å². The Kier molecular flexibility index (Phi) is 4.54.